The van der Waals surface area contributed by atoms with Gasteiger partial charge < -0.3 is 29.9 Å². The number of anilines is 1. The summed E-state index contributed by atoms with van der Waals surface area (Å²) in [6, 6.07) is 0. The number of hydrogen-bond acceptors (Lipinski definition) is 8. The third-order valence-corrected chi connectivity index (χ3v) is 3.37. The van der Waals surface area contributed by atoms with Gasteiger partial charge in [-0.2, -0.15) is 0 Å². The van der Waals surface area contributed by atoms with Crippen molar-refractivity contribution in [2.24, 2.45) is 0 Å². The first-order valence-corrected chi connectivity index (χ1v) is 8.45. The molecule has 0 amide bonds. The highest BCUT2D eigenvalue weighted by atomic mass is 32.5. The summed E-state index contributed by atoms with van der Waals surface area (Å²) in [5.74, 6) is 0.176. The van der Waals surface area contributed by atoms with Crippen molar-refractivity contribution in [1.29, 1.82) is 0 Å². The molecule has 0 fully saturated rings. The summed E-state index contributed by atoms with van der Waals surface area (Å²) in [5.41, 5.74) is 6.32. The highest BCUT2D eigenvalue weighted by molar-refractivity contribution is 8.06. The standard InChI is InChI=1S/C9H13FN5O5PS/c10-7(16)5(1-20-21(17,18)22)19-4-15-3-14-6-8(11)12-2-13-9(6)15/h2-3,5,7,16H,1,4H2,(H2,11,12,13)(H2,17,18,22)/t5?,7-/m0/s1. The molecule has 2 heterocycles. The van der Waals surface area contributed by atoms with Crippen LogP contribution in [0.5, 0.6) is 0 Å². The number of aromatic nitrogens is 4. The quantitative estimate of drug-likeness (QED) is 0.469. The van der Waals surface area contributed by atoms with Gasteiger partial charge in [0.15, 0.2) is 11.5 Å². The number of aliphatic hydroxyl groups is 1. The molecular weight excluding hydrogens is 340 g/mol. The predicted molar refractivity (Wildman–Crippen MR) is 76.4 cm³/mol. The summed E-state index contributed by atoms with van der Waals surface area (Å²) in [4.78, 5) is 29.6. The molecule has 2 rings (SSSR count). The summed E-state index contributed by atoms with van der Waals surface area (Å²) in [6.45, 7) is -4.84. The van der Waals surface area contributed by atoms with Gasteiger partial charge in [0.1, 0.15) is 24.7 Å². The Morgan fingerprint density at radius 3 is 2.77 bits per heavy atom. The summed E-state index contributed by atoms with van der Waals surface area (Å²) in [6.07, 6.45) is -1.30. The van der Waals surface area contributed by atoms with Crippen LogP contribution >= 0.6 is 6.72 Å². The van der Waals surface area contributed by atoms with Crippen LogP contribution in [0.1, 0.15) is 0 Å². The van der Waals surface area contributed by atoms with Crippen molar-refractivity contribution in [2.45, 2.75) is 19.2 Å². The molecule has 0 aliphatic heterocycles. The molecule has 0 saturated carbocycles. The second-order valence-electron chi connectivity index (χ2n) is 4.14. The molecule has 1 unspecified atom stereocenters. The molecule has 5 N–H and O–H groups in total. The van der Waals surface area contributed by atoms with Gasteiger partial charge in [-0.15, -0.1) is 0 Å². The van der Waals surface area contributed by atoms with Crippen molar-refractivity contribution >= 4 is 35.5 Å². The molecule has 0 spiro atoms. The number of aliphatic hydroxyl groups excluding tert-OH is 1. The Labute approximate surface area is 128 Å². The molecular formula is C9H13FN5O5PS. The molecule has 2 aromatic rings. The van der Waals surface area contributed by atoms with Crippen LogP contribution in [0.3, 0.4) is 0 Å². The van der Waals surface area contributed by atoms with Gasteiger partial charge in [0, 0.05) is 0 Å². The van der Waals surface area contributed by atoms with E-state index in [0.717, 1.165) is 0 Å². The molecule has 0 aromatic carbocycles. The first-order valence-electron chi connectivity index (χ1n) is 5.83. The van der Waals surface area contributed by atoms with Gasteiger partial charge in [-0.3, -0.25) is 4.57 Å². The third kappa shape index (κ3) is 4.36. The first-order chi connectivity index (χ1) is 10.3. The smallest absolute Gasteiger partial charge is 0.321 e. The van der Waals surface area contributed by atoms with Crippen molar-refractivity contribution < 1.29 is 28.5 Å². The number of imidazole rings is 1. The fraction of sp³-hybridized carbons (Fsp3) is 0.444. The van der Waals surface area contributed by atoms with Crippen molar-refractivity contribution in [3.63, 3.8) is 0 Å². The Morgan fingerprint density at radius 1 is 1.41 bits per heavy atom. The number of hydrogen-bond donors (Lipinski definition) is 4. The second-order valence-corrected chi connectivity index (χ2v) is 6.81. The Morgan fingerprint density at radius 2 is 2.14 bits per heavy atom. The molecule has 13 heteroatoms. The van der Waals surface area contributed by atoms with Crippen LogP contribution in [0.2, 0.25) is 0 Å². The summed E-state index contributed by atoms with van der Waals surface area (Å²) < 4.78 is 24.0. The lowest BCUT2D eigenvalue weighted by molar-refractivity contribution is -0.131. The zero-order valence-corrected chi connectivity index (χ0v) is 12.7. The van der Waals surface area contributed by atoms with Gasteiger partial charge in [-0.05, 0) is 11.8 Å². The topological polar surface area (TPSA) is 149 Å². The summed E-state index contributed by atoms with van der Waals surface area (Å²) in [5, 5.41) is 8.97. The highest BCUT2D eigenvalue weighted by Gasteiger charge is 2.23. The number of alkyl halides is 1. The first kappa shape index (κ1) is 17.1. The largest absolute Gasteiger partial charge is 0.382 e. The van der Waals surface area contributed by atoms with Gasteiger partial charge >= 0.3 is 6.72 Å². The normalized spacial score (nSPS) is 15.1. The molecule has 22 heavy (non-hydrogen) atoms. The van der Waals surface area contributed by atoms with Crippen LogP contribution in [-0.2, 0) is 27.8 Å². The maximum absolute atomic E-state index is 13.0. The van der Waals surface area contributed by atoms with E-state index < -0.39 is 25.8 Å². The van der Waals surface area contributed by atoms with E-state index in [9.17, 15) is 4.39 Å². The van der Waals surface area contributed by atoms with Gasteiger partial charge in [0.05, 0.1) is 12.9 Å². The maximum Gasteiger partial charge on any atom is 0.321 e. The average molecular weight is 353 g/mol. The molecule has 10 nitrogen and oxygen atoms in total. The van der Waals surface area contributed by atoms with E-state index in [-0.39, 0.29) is 12.5 Å². The number of nitrogens with zero attached hydrogens (tertiary/aromatic N) is 4. The van der Waals surface area contributed by atoms with Gasteiger partial charge in [-0.1, -0.05) is 0 Å². The molecule has 0 saturated heterocycles. The molecule has 0 radical (unpaired) electrons. The van der Waals surface area contributed by atoms with E-state index in [4.69, 9.17) is 25.4 Å². The summed E-state index contributed by atoms with van der Waals surface area (Å²) in [7, 11) is 0. The molecule has 2 atom stereocenters. The molecule has 0 aliphatic carbocycles. The molecule has 0 bridgehead atoms. The number of fused-ring (bicyclic) bond motifs is 1. The van der Waals surface area contributed by atoms with Crippen LogP contribution in [0.4, 0.5) is 10.2 Å². The minimum Gasteiger partial charge on any atom is -0.382 e. The molecule has 122 valence electrons. The number of nitrogen functional groups attached to an aromatic ring is 1. The monoisotopic (exact) mass is 353 g/mol. The van der Waals surface area contributed by atoms with E-state index >= 15 is 0 Å². The van der Waals surface area contributed by atoms with E-state index in [0.29, 0.717) is 11.2 Å². The van der Waals surface area contributed by atoms with Crippen LogP contribution in [0, 0.1) is 0 Å². The fourth-order valence-electron chi connectivity index (χ4n) is 1.55. The van der Waals surface area contributed by atoms with Gasteiger partial charge in [0.2, 0.25) is 6.36 Å². The minimum absolute atomic E-state index is 0.176. The minimum atomic E-state index is -3.97. The highest BCUT2D eigenvalue weighted by Crippen LogP contribution is 2.36. The van der Waals surface area contributed by atoms with Gasteiger partial charge in [-0.25, -0.2) is 19.3 Å². The molecule has 2 aromatic heterocycles. The van der Waals surface area contributed by atoms with Crippen molar-refractivity contribution in [2.75, 3.05) is 12.3 Å². The number of halogens is 1. The maximum atomic E-state index is 13.0. The lowest BCUT2D eigenvalue weighted by Gasteiger charge is -2.19. The Hall–Kier alpha value is -1.27. The molecule has 0 aliphatic rings. The number of ether oxygens (including phenoxy) is 1. The van der Waals surface area contributed by atoms with E-state index in [1.54, 1.807) is 0 Å². The Bertz CT molecular complexity index is 694. The lowest BCUT2D eigenvalue weighted by Crippen LogP contribution is -2.30. The third-order valence-electron chi connectivity index (χ3n) is 2.57. The van der Waals surface area contributed by atoms with Gasteiger partial charge in [0.25, 0.3) is 0 Å². The van der Waals surface area contributed by atoms with Crippen LogP contribution < -0.4 is 5.73 Å². The SMILES string of the molecule is Nc1ncnc2c1ncn2COC(COP(O)(O)=S)[C@H](O)F. The van der Waals surface area contributed by atoms with Crippen LogP contribution in [-0.4, -0.2) is 53.5 Å². The Balaban J connectivity index is 2.05. The van der Waals surface area contributed by atoms with Crippen LogP contribution in [0.15, 0.2) is 12.7 Å². The lowest BCUT2D eigenvalue weighted by atomic mass is 10.4. The summed E-state index contributed by atoms with van der Waals surface area (Å²) >= 11 is 4.23. The zero-order valence-electron chi connectivity index (χ0n) is 11.0. The zero-order chi connectivity index (χ0) is 16.3. The number of rotatable bonds is 7. The van der Waals surface area contributed by atoms with Crippen molar-refractivity contribution in [3.8, 4) is 0 Å². The van der Waals surface area contributed by atoms with E-state index in [2.05, 4.69) is 31.3 Å². The predicted octanol–water partition coefficient (Wildman–Crippen LogP) is -0.735. The van der Waals surface area contributed by atoms with Crippen molar-refractivity contribution in [1.82, 2.24) is 19.5 Å². The average Bonchev–Trinajstić information content (AvgIpc) is 2.82. The second kappa shape index (κ2) is 6.87. The van der Waals surface area contributed by atoms with E-state index in [1.165, 1.54) is 17.2 Å². The van der Waals surface area contributed by atoms with Crippen molar-refractivity contribution in [3.05, 3.63) is 12.7 Å². The number of nitrogens with two attached hydrogens (primary N) is 1. The fourth-order valence-corrected chi connectivity index (χ4v) is 2.07. The van der Waals surface area contributed by atoms with Crippen LogP contribution in [0.25, 0.3) is 11.2 Å². The Kier molecular flexibility index (Phi) is 5.34. The van der Waals surface area contributed by atoms with E-state index in [1.807, 2.05) is 0 Å².